The smallest absolute Gasteiger partial charge is 0.272 e. The van der Waals surface area contributed by atoms with E-state index in [0.29, 0.717) is 5.69 Å². The molecule has 0 radical (unpaired) electrons. The van der Waals surface area contributed by atoms with Gasteiger partial charge in [-0.2, -0.15) is 0 Å². The van der Waals surface area contributed by atoms with Gasteiger partial charge >= 0.3 is 0 Å². The molecule has 0 aromatic carbocycles. The standard InChI is InChI=1S/C19H25N7O/c1-23-7-9-25(10-8-23)18(27)17-4-3-16(15-22-17)24-11-13-26(14-12-24)19-20-5-2-6-21-19/h2-6,15H,7-14H2,1H3. The van der Waals surface area contributed by atoms with Gasteiger partial charge in [-0.05, 0) is 25.2 Å². The third-order valence-corrected chi connectivity index (χ3v) is 5.24. The Kier molecular flexibility index (Phi) is 5.15. The van der Waals surface area contributed by atoms with E-state index in [9.17, 15) is 4.79 Å². The molecule has 2 aromatic heterocycles. The summed E-state index contributed by atoms with van der Waals surface area (Å²) in [4.78, 5) is 34.3. The number of aromatic nitrogens is 3. The lowest BCUT2D eigenvalue weighted by molar-refractivity contribution is 0.0658. The maximum atomic E-state index is 12.6. The number of carbonyl (C=O) groups excluding carboxylic acids is 1. The van der Waals surface area contributed by atoms with Gasteiger partial charge in [0, 0.05) is 64.8 Å². The highest BCUT2D eigenvalue weighted by Crippen LogP contribution is 2.18. The molecule has 8 heteroatoms. The molecule has 0 N–H and O–H groups in total. The number of piperazine rings is 2. The van der Waals surface area contributed by atoms with Crippen LogP contribution in [0.1, 0.15) is 10.5 Å². The van der Waals surface area contributed by atoms with Crippen LogP contribution in [0.25, 0.3) is 0 Å². The second-order valence-electron chi connectivity index (χ2n) is 7.02. The highest BCUT2D eigenvalue weighted by atomic mass is 16.2. The van der Waals surface area contributed by atoms with Crippen molar-refractivity contribution in [1.29, 1.82) is 0 Å². The zero-order valence-electron chi connectivity index (χ0n) is 15.7. The first-order chi connectivity index (χ1) is 13.2. The molecular weight excluding hydrogens is 342 g/mol. The summed E-state index contributed by atoms with van der Waals surface area (Å²) in [6.45, 7) is 6.86. The molecule has 1 amide bonds. The molecule has 4 heterocycles. The monoisotopic (exact) mass is 367 g/mol. The molecule has 4 rings (SSSR count). The summed E-state index contributed by atoms with van der Waals surface area (Å²) in [6, 6.07) is 5.68. The number of hydrogen-bond donors (Lipinski definition) is 0. The van der Waals surface area contributed by atoms with Gasteiger partial charge in [0.25, 0.3) is 5.91 Å². The van der Waals surface area contributed by atoms with Gasteiger partial charge in [-0.3, -0.25) is 4.79 Å². The highest BCUT2D eigenvalue weighted by molar-refractivity contribution is 5.92. The van der Waals surface area contributed by atoms with Gasteiger partial charge in [0.1, 0.15) is 5.69 Å². The van der Waals surface area contributed by atoms with Gasteiger partial charge in [0.05, 0.1) is 11.9 Å². The predicted molar refractivity (Wildman–Crippen MR) is 104 cm³/mol. The quantitative estimate of drug-likeness (QED) is 0.786. The zero-order chi connectivity index (χ0) is 18.6. The van der Waals surface area contributed by atoms with Crippen molar-refractivity contribution in [2.45, 2.75) is 0 Å². The number of likely N-dealkylation sites (N-methyl/N-ethyl adjacent to an activating group) is 1. The summed E-state index contributed by atoms with van der Waals surface area (Å²) in [7, 11) is 2.08. The second-order valence-corrected chi connectivity index (χ2v) is 7.02. The van der Waals surface area contributed by atoms with Crippen LogP contribution >= 0.6 is 0 Å². The molecule has 2 fully saturated rings. The number of pyridine rings is 1. The van der Waals surface area contributed by atoms with E-state index in [1.165, 1.54) is 0 Å². The van der Waals surface area contributed by atoms with Gasteiger partial charge in [-0.15, -0.1) is 0 Å². The van der Waals surface area contributed by atoms with Crippen molar-refractivity contribution in [2.75, 3.05) is 69.2 Å². The van der Waals surface area contributed by atoms with Gasteiger partial charge in [-0.25, -0.2) is 15.0 Å². The Hall–Kier alpha value is -2.74. The lowest BCUT2D eigenvalue weighted by Crippen LogP contribution is -2.47. The second kappa shape index (κ2) is 7.87. The average Bonchev–Trinajstić information content (AvgIpc) is 2.75. The van der Waals surface area contributed by atoms with Crippen LogP contribution in [0, 0.1) is 0 Å². The van der Waals surface area contributed by atoms with Crippen LogP contribution in [0.15, 0.2) is 36.8 Å². The molecule has 0 unspecified atom stereocenters. The van der Waals surface area contributed by atoms with E-state index in [4.69, 9.17) is 0 Å². The maximum Gasteiger partial charge on any atom is 0.272 e. The van der Waals surface area contributed by atoms with Crippen molar-refractivity contribution < 1.29 is 4.79 Å². The first kappa shape index (κ1) is 17.7. The number of carbonyl (C=O) groups is 1. The fraction of sp³-hybridized carbons (Fsp3) is 0.474. The van der Waals surface area contributed by atoms with Crippen LogP contribution in [0.3, 0.4) is 0 Å². The van der Waals surface area contributed by atoms with Crippen molar-refractivity contribution in [3.8, 4) is 0 Å². The number of hydrogen-bond acceptors (Lipinski definition) is 7. The number of amides is 1. The van der Waals surface area contributed by atoms with Crippen LogP contribution in [0.4, 0.5) is 11.6 Å². The Morgan fingerprint density at radius 3 is 2.15 bits per heavy atom. The summed E-state index contributed by atoms with van der Waals surface area (Å²) >= 11 is 0. The third-order valence-electron chi connectivity index (χ3n) is 5.24. The molecule has 27 heavy (non-hydrogen) atoms. The molecule has 2 saturated heterocycles. The van der Waals surface area contributed by atoms with E-state index >= 15 is 0 Å². The first-order valence-corrected chi connectivity index (χ1v) is 9.41. The molecular formula is C19H25N7O. The Balaban J connectivity index is 1.35. The van der Waals surface area contributed by atoms with Crippen LogP contribution in [-0.2, 0) is 0 Å². The van der Waals surface area contributed by atoms with E-state index in [1.54, 1.807) is 12.4 Å². The summed E-state index contributed by atoms with van der Waals surface area (Å²) in [5, 5.41) is 0. The Morgan fingerprint density at radius 2 is 1.52 bits per heavy atom. The minimum Gasteiger partial charge on any atom is -0.367 e. The van der Waals surface area contributed by atoms with Crippen molar-refractivity contribution >= 4 is 17.5 Å². The van der Waals surface area contributed by atoms with Gasteiger partial charge in [0.2, 0.25) is 5.95 Å². The van der Waals surface area contributed by atoms with Crippen molar-refractivity contribution in [3.05, 3.63) is 42.5 Å². The molecule has 0 atom stereocenters. The summed E-state index contributed by atoms with van der Waals surface area (Å²) < 4.78 is 0. The van der Waals surface area contributed by atoms with E-state index in [2.05, 4.69) is 36.7 Å². The first-order valence-electron chi connectivity index (χ1n) is 9.41. The summed E-state index contributed by atoms with van der Waals surface area (Å²) in [5.74, 6) is 0.809. The molecule has 0 saturated carbocycles. The number of anilines is 2. The molecule has 0 aliphatic carbocycles. The van der Waals surface area contributed by atoms with Gasteiger partial charge in [-0.1, -0.05) is 0 Å². The zero-order valence-corrected chi connectivity index (χ0v) is 15.7. The van der Waals surface area contributed by atoms with Crippen LogP contribution in [0.2, 0.25) is 0 Å². The molecule has 2 aliphatic heterocycles. The molecule has 0 spiro atoms. The highest BCUT2D eigenvalue weighted by Gasteiger charge is 2.22. The number of rotatable bonds is 3. The fourth-order valence-corrected chi connectivity index (χ4v) is 3.49. The Morgan fingerprint density at radius 1 is 0.852 bits per heavy atom. The molecule has 142 valence electrons. The van der Waals surface area contributed by atoms with E-state index in [-0.39, 0.29) is 5.91 Å². The lowest BCUT2D eigenvalue weighted by Gasteiger charge is -2.36. The van der Waals surface area contributed by atoms with E-state index < -0.39 is 0 Å². The van der Waals surface area contributed by atoms with E-state index in [0.717, 1.165) is 64.0 Å². The predicted octanol–water partition coefficient (Wildman–Crippen LogP) is 0.586. The molecule has 2 aromatic rings. The van der Waals surface area contributed by atoms with E-state index in [1.807, 2.05) is 29.3 Å². The largest absolute Gasteiger partial charge is 0.367 e. The van der Waals surface area contributed by atoms with Crippen LogP contribution in [-0.4, -0.2) is 90.1 Å². The topological polar surface area (TPSA) is 68.7 Å². The third kappa shape index (κ3) is 4.00. The maximum absolute atomic E-state index is 12.6. The Bertz CT molecular complexity index is 751. The van der Waals surface area contributed by atoms with Crippen LogP contribution < -0.4 is 9.80 Å². The normalized spacial score (nSPS) is 18.6. The average molecular weight is 367 g/mol. The minimum atomic E-state index is 0.0284. The summed E-state index contributed by atoms with van der Waals surface area (Å²) in [6.07, 6.45) is 5.36. The summed E-state index contributed by atoms with van der Waals surface area (Å²) in [5.41, 5.74) is 1.58. The van der Waals surface area contributed by atoms with Crippen LogP contribution in [0.5, 0.6) is 0 Å². The molecule has 0 bridgehead atoms. The minimum absolute atomic E-state index is 0.0284. The van der Waals surface area contributed by atoms with Crippen molar-refractivity contribution in [1.82, 2.24) is 24.8 Å². The van der Waals surface area contributed by atoms with Crippen molar-refractivity contribution in [2.24, 2.45) is 0 Å². The SMILES string of the molecule is CN1CCN(C(=O)c2ccc(N3CCN(c4ncccn4)CC3)cn2)CC1. The molecule has 2 aliphatic rings. The van der Waals surface area contributed by atoms with Crippen molar-refractivity contribution in [3.63, 3.8) is 0 Å². The number of nitrogens with zero attached hydrogens (tertiary/aromatic N) is 7. The van der Waals surface area contributed by atoms with Gasteiger partial charge < -0.3 is 19.6 Å². The fourth-order valence-electron chi connectivity index (χ4n) is 3.49. The molecule has 8 nitrogen and oxygen atoms in total. The lowest BCUT2D eigenvalue weighted by atomic mass is 10.2. The van der Waals surface area contributed by atoms with Gasteiger partial charge in [0.15, 0.2) is 0 Å². The Labute approximate surface area is 159 Å².